The molecule has 1 fully saturated rings. The summed E-state index contributed by atoms with van der Waals surface area (Å²) in [7, 11) is 0. The van der Waals surface area contributed by atoms with Gasteiger partial charge in [-0.15, -0.1) is 0 Å². The zero-order chi connectivity index (χ0) is 12.8. The van der Waals surface area contributed by atoms with Crippen molar-refractivity contribution in [2.24, 2.45) is 5.73 Å². The van der Waals surface area contributed by atoms with Gasteiger partial charge in [0.25, 0.3) is 0 Å². The summed E-state index contributed by atoms with van der Waals surface area (Å²) in [5.41, 5.74) is 6.91. The smallest absolute Gasteiger partial charge is 0.122 e. The minimum Gasteiger partial charge on any atom is -0.492 e. The van der Waals surface area contributed by atoms with E-state index in [4.69, 9.17) is 10.5 Å². The van der Waals surface area contributed by atoms with E-state index in [1.165, 1.54) is 31.5 Å². The Morgan fingerprint density at radius 2 is 2.00 bits per heavy atom. The lowest BCUT2D eigenvalue weighted by molar-refractivity contribution is 0.153. The van der Waals surface area contributed by atoms with Gasteiger partial charge in [0.2, 0.25) is 0 Å². The van der Waals surface area contributed by atoms with Crippen LogP contribution >= 0.6 is 0 Å². The molecule has 1 heterocycles. The number of benzene rings is 1. The first-order chi connectivity index (χ1) is 8.81. The summed E-state index contributed by atoms with van der Waals surface area (Å²) in [5, 5.41) is 0. The van der Waals surface area contributed by atoms with Gasteiger partial charge in [0.05, 0.1) is 0 Å². The molecule has 1 aliphatic rings. The standard InChI is InChI=1S/C15H24N2O/c1-13-6-2-3-7-15(13)18-12-14(8-9-16)17-10-4-5-11-17/h2-3,6-7,14H,4-5,8-12,16H2,1H3. The fraction of sp³-hybridized carbons (Fsp3) is 0.600. The van der Waals surface area contributed by atoms with E-state index < -0.39 is 0 Å². The van der Waals surface area contributed by atoms with Gasteiger partial charge in [-0.3, -0.25) is 4.90 Å². The fourth-order valence-electron chi connectivity index (χ4n) is 2.57. The van der Waals surface area contributed by atoms with Crippen LogP contribution in [0.2, 0.25) is 0 Å². The van der Waals surface area contributed by atoms with Crippen molar-refractivity contribution < 1.29 is 4.74 Å². The Morgan fingerprint density at radius 3 is 2.67 bits per heavy atom. The van der Waals surface area contributed by atoms with E-state index >= 15 is 0 Å². The molecular formula is C15H24N2O. The predicted molar refractivity (Wildman–Crippen MR) is 74.9 cm³/mol. The highest BCUT2D eigenvalue weighted by atomic mass is 16.5. The molecule has 2 rings (SSSR count). The number of para-hydroxylation sites is 1. The van der Waals surface area contributed by atoms with Gasteiger partial charge >= 0.3 is 0 Å². The summed E-state index contributed by atoms with van der Waals surface area (Å²) in [5.74, 6) is 0.999. The molecule has 1 atom stereocenters. The van der Waals surface area contributed by atoms with Crippen molar-refractivity contribution in [3.8, 4) is 5.75 Å². The maximum atomic E-state index is 5.97. The van der Waals surface area contributed by atoms with Crippen LogP contribution in [-0.2, 0) is 0 Å². The number of hydrogen-bond acceptors (Lipinski definition) is 3. The fourth-order valence-corrected chi connectivity index (χ4v) is 2.57. The number of hydrogen-bond donors (Lipinski definition) is 1. The van der Waals surface area contributed by atoms with Crippen molar-refractivity contribution in [1.29, 1.82) is 0 Å². The van der Waals surface area contributed by atoms with Crippen LogP contribution in [-0.4, -0.2) is 37.2 Å². The Balaban J connectivity index is 1.91. The van der Waals surface area contributed by atoms with E-state index in [1.807, 2.05) is 18.2 Å². The van der Waals surface area contributed by atoms with Crippen LogP contribution in [0.1, 0.15) is 24.8 Å². The lowest BCUT2D eigenvalue weighted by atomic mass is 10.2. The summed E-state index contributed by atoms with van der Waals surface area (Å²) in [4.78, 5) is 2.52. The van der Waals surface area contributed by atoms with Crippen LogP contribution < -0.4 is 10.5 Å². The third-order valence-corrected chi connectivity index (χ3v) is 3.68. The highest BCUT2D eigenvalue weighted by molar-refractivity contribution is 5.31. The quantitative estimate of drug-likeness (QED) is 0.838. The van der Waals surface area contributed by atoms with Gasteiger partial charge in [-0.1, -0.05) is 18.2 Å². The maximum Gasteiger partial charge on any atom is 0.122 e. The number of ether oxygens (including phenoxy) is 1. The molecule has 0 amide bonds. The van der Waals surface area contributed by atoms with E-state index in [0.717, 1.165) is 25.3 Å². The first-order valence-corrected chi connectivity index (χ1v) is 6.94. The van der Waals surface area contributed by atoms with Crippen molar-refractivity contribution in [3.05, 3.63) is 29.8 Å². The summed E-state index contributed by atoms with van der Waals surface area (Å²) >= 11 is 0. The first kappa shape index (κ1) is 13.4. The van der Waals surface area contributed by atoms with Crippen LogP contribution in [0.3, 0.4) is 0 Å². The lowest BCUT2D eigenvalue weighted by Gasteiger charge is -2.27. The van der Waals surface area contributed by atoms with Gasteiger partial charge in [-0.2, -0.15) is 0 Å². The number of likely N-dealkylation sites (tertiary alicyclic amines) is 1. The van der Waals surface area contributed by atoms with Crippen LogP contribution in [0.5, 0.6) is 5.75 Å². The van der Waals surface area contributed by atoms with Crippen LogP contribution in [0, 0.1) is 6.92 Å². The Hall–Kier alpha value is -1.06. The SMILES string of the molecule is Cc1ccccc1OCC(CCN)N1CCCC1. The van der Waals surface area contributed by atoms with E-state index in [1.54, 1.807) is 0 Å². The van der Waals surface area contributed by atoms with Crippen LogP contribution in [0.25, 0.3) is 0 Å². The molecule has 2 N–H and O–H groups in total. The number of rotatable bonds is 6. The third-order valence-electron chi connectivity index (χ3n) is 3.68. The topological polar surface area (TPSA) is 38.5 Å². The molecule has 1 aromatic carbocycles. The summed E-state index contributed by atoms with van der Waals surface area (Å²) in [6.45, 7) is 5.97. The average Bonchev–Trinajstić information content (AvgIpc) is 2.90. The molecule has 1 saturated heterocycles. The molecular weight excluding hydrogens is 224 g/mol. The minimum atomic E-state index is 0.470. The molecule has 0 spiro atoms. The number of nitrogens with zero attached hydrogens (tertiary/aromatic N) is 1. The third kappa shape index (κ3) is 3.47. The molecule has 0 bridgehead atoms. The number of aryl methyl sites for hydroxylation is 1. The van der Waals surface area contributed by atoms with Gasteiger partial charge in [0.1, 0.15) is 12.4 Å². The van der Waals surface area contributed by atoms with E-state index in [0.29, 0.717) is 6.04 Å². The average molecular weight is 248 g/mol. The summed E-state index contributed by atoms with van der Waals surface area (Å²) in [6.07, 6.45) is 3.64. The second-order valence-corrected chi connectivity index (χ2v) is 5.05. The maximum absolute atomic E-state index is 5.97. The zero-order valence-corrected chi connectivity index (χ0v) is 11.3. The van der Waals surface area contributed by atoms with E-state index in [-0.39, 0.29) is 0 Å². The molecule has 1 aliphatic heterocycles. The highest BCUT2D eigenvalue weighted by Crippen LogP contribution is 2.19. The summed E-state index contributed by atoms with van der Waals surface area (Å²) in [6, 6.07) is 8.66. The predicted octanol–water partition coefficient (Wildman–Crippen LogP) is 2.19. The summed E-state index contributed by atoms with van der Waals surface area (Å²) < 4.78 is 5.97. The molecule has 0 radical (unpaired) electrons. The minimum absolute atomic E-state index is 0.470. The normalized spacial score (nSPS) is 17.9. The molecule has 1 unspecified atom stereocenters. The molecule has 1 aromatic rings. The van der Waals surface area contributed by atoms with Crippen molar-refractivity contribution in [1.82, 2.24) is 4.90 Å². The van der Waals surface area contributed by atoms with E-state index in [2.05, 4.69) is 17.9 Å². The monoisotopic (exact) mass is 248 g/mol. The van der Waals surface area contributed by atoms with E-state index in [9.17, 15) is 0 Å². The second kappa shape index (κ2) is 6.76. The highest BCUT2D eigenvalue weighted by Gasteiger charge is 2.21. The van der Waals surface area contributed by atoms with Crippen LogP contribution in [0.4, 0.5) is 0 Å². The number of nitrogens with two attached hydrogens (primary N) is 1. The molecule has 0 aromatic heterocycles. The van der Waals surface area contributed by atoms with Gasteiger partial charge in [0, 0.05) is 6.04 Å². The Kier molecular flexibility index (Phi) is 5.02. The van der Waals surface area contributed by atoms with Gasteiger partial charge in [-0.05, 0) is 57.5 Å². The zero-order valence-electron chi connectivity index (χ0n) is 11.3. The lowest BCUT2D eigenvalue weighted by Crippen LogP contribution is -2.39. The van der Waals surface area contributed by atoms with Crippen molar-refractivity contribution >= 4 is 0 Å². The largest absolute Gasteiger partial charge is 0.492 e. The van der Waals surface area contributed by atoms with Crippen LogP contribution in [0.15, 0.2) is 24.3 Å². The molecule has 3 nitrogen and oxygen atoms in total. The van der Waals surface area contributed by atoms with Gasteiger partial charge in [-0.25, -0.2) is 0 Å². The second-order valence-electron chi connectivity index (χ2n) is 5.05. The van der Waals surface area contributed by atoms with Crippen molar-refractivity contribution in [2.75, 3.05) is 26.2 Å². The Bertz CT molecular complexity index is 361. The van der Waals surface area contributed by atoms with Gasteiger partial charge in [0.15, 0.2) is 0 Å². The molecule has 100 valence electrons. The first-order valence-electron chi connectivity index (χ1n) is 6.94. The van der Waals surface area contributed by atoms with Gasteiger partial charge < -0.3 is 10.5 Å². The molecule has 0 aliphatic carbocycles. The molecule has 3 heteroatoms. The molecule has 18 heavy (non-hydrogen) atoms. The molecule has 0 saturated carbocycles. The van der Waals surface area contributed by atoms with Crippen molar-refractivity contribution in [2.45, 2.75) is 32.2 Å². The Morgan fingerprint density at radius 1 is 1.28 bits per heavy atom. The Labute approximate surface area is 110 Å². The van der Waals surface area contributed by atoms with Crippen molar-refractivity contribution in [3.63, 3.8) is 0 Å².